The molecule has 1 aliphatic heterocycles. The van der Waals surface area contributed by atoms with Crippen LogP contribution in [0.1, 0.15) is 56.1 Å². The molecule has 4 aliphatic rings. The fourth-order valence-corrected chi connectivity index (χ4v) is 5.15. The highest BCUT2D eigenvalue weighted by atomic mass is 16.5. The van der Waals surface area contributed by atoms with Gasteiger partial charge in [0.25, 0.3) is 0 Å². The highest BCUT2D eigenvalue weighted by Gasteiger charge is 2.62. The molecule has 5 nitrogen and oxygen atoms in total. The first-order valence-corrected chi connectivity index (χ1v) is 10.4. The highest BCUT2D eigenvalue weighted by Crippen LogP contribution is 2.60. The topological polar surface area (TPSA) is 58.6 Å². The largest absolute Gasteiger partial charge is 0.450 e. The third-order valence-corrected chi connectivity index (χ3v) is 7.05. The van der Waals surface area contributed by atoms with E-state index in [0.29, 0.717) is 12.5 Å². The molecule has 1 aromatic carbocycles. The third kappa shape index (κ3) is 3.01. The number of hydrogen-bond donors (Lipinski definition) is 1. The lowest BCUT2D eigenvalue weighted by molar-refractivity contribution is -0.138. The van der Waals surface area contributed by atoms with Gasteiger partial charge in [0.15, 0.2) is 0 Å². The molecule has 1 aromatic rings. The fraction of sp³-hybridized carbons (Fsp3) is 0.636. The molecular weight excluding hydrogens is 340 g/mol. The van der Waals surface area contributed by atoms with E-state index in [-0.39, 0.29) is 29.4 Å². The lowest BCUT2D eigenvalue weighted by atomic mass is 9.79. The van der Waals surface area contributed by atoms with Crippen LogP contribution in [0.4, 0.5) is 4.79 Å². The van der Waals surface area contributed by atoms with E-state index in [1.54, 1.807) is 6.92 Å². The Hall–Kier alpha value is -2.04. The number of piperidine rings is 1. The summed E-state index contributed by atoms with van der Waals surface area (Å²) >= 11 is 0. The molecule has 1 saturated heterocycles. The first kappa shape index (κ1) is 17.1. The minimum atomic E-state index is -0.370. The molecule has 1 heterocycles. The lowest BCUT2D eigenvalue weighted by Gasteiger charge is -2.37. The van der Waals surface area contributed by atoms with Crippen molar-refractivity contribution in [3.8, 4) is 0 Å². The average Bonchev–Trinajstić information content (AvgIpc) is 3.56. The van der Waals surface area contributed by atoms with Gasteiger partial charge in [-0.05, 0) is 62.0 Å². The van der Waals surface area contributed by atoms with Crippen molar-refractivity contribution in [3.63, 3.8) is 0 Å². The van der Waals surface area contributed by atoms with Gasteiger partial charge in [0.2, 0.25) is 5.91 Å². The van der Waals surface area contributed by atoms with Crippen LogP contribution in [0.2, 0.25) is 0 Å². The van der Waals surface area contributed by atoms with Crippen LogP contribution in [0, 0.1) is 11.8 Å². The molecular formula is C22H28N2O3. The Kier molecular flexibility index (Phi) is 3.95. The van der Waals surface area contributed by atoms with Crippen molar-refractivity contribution in [2.24, 2.45) is 11.8 Å². The monoisotopic (exact) mass is 368 g/mol. The van der Waals surface area contributed by atoms with E-state index < -0.39 is 0 Å². The van der Waals surface area contributed by atoms with Crippen molar-refractivity contribution in [1.29, 1.82) is 0 Å². The summed E-state index contributed by atoms with van der Waals surface area (Å²) in [5, 5.41) is 2.83. The zero-order valence-electron chi connectivity index (χ0n) is 15.9. The van der Waals surface area contributed by atoms with Crippen LogP contribution >= 0.6 is 0 Å². The average molecular weight is 368 g/mol. The molecule has 4 fully saturated rings. The Morgan fingerprint density at radius 2 is 2.11 bits per heavy atom. The Morgan fingerprint density at radius 3 is 2.85 bits per heavy atom. The van der Waals surface area contributed by atoms with Crippen LogP contribution in [0.3, 0.4) is 0 Å². The Balaban J connectivity index is 1.18. The molecule has 1 N–H and O–H groups in total. The molecule has 2 unspecified atom stereocenters. The zero-order valence-corrected chi connectivity index (χ0v) is 15.9. The number of hydrogen-bond acceptors (Lipinski definition) is 3. The standard InChI is InChI=1S/C22H28N2O3/c1-2-27-21(26)23-19-9-16(10-19)20(25)24-12-18-11-22(18,13-24)17-5-3-4-15(8-17)14-6-7-14/h3-5,8,14,16,18-19H,2,6-7,9-13H2,1H3,(H,23,26). The van der Waals surface area contributed by atoms with Gasteiger partial charge in [-0.3, -0.25) is 4.79 Å². The third-order valence-electron chi connectivity index (χ3n) is 7.05. The first-order valence-electron chi connectivity index (χ1n) is 10.4. The molecule has 144 valence electrons. The second kappa shape index (κ2) is 6.25. The number of nitrogens with zero attached hydrogens (tertiary/aromatic N) is 1. The van der Waals surface area contributed by atoms with Gasteiger partial charge in [-0.1, -0.05) is 24.3 Å². The van der Waals surface area contributed by atoms with Gasteiger partial charge in [0.1, 0.15) is 0 Å². The summed E-state index contributed by atoms with van der Waals surface area (Å²) in [6.07, 6.45) is 4.99. The maximum atomic E-state index is 12.9. The number of rotatable bonds is 5. The highest BCUT2D eigenvalue weighted by molar-refractivity contribution is 5.81. The van der Waals surface area contributed by atoms with Gasteiger partial charge in [-0.15, -0.1) is 0 Å². The normalized spacial score (nSPS) is 33.8. The molecule has 5 heteroatoms. The molecule has 27 heavy (non-hydrogen) atoms. The van der Waals surface area contributed by atoms with E-state index in [0.717, 1.165) is 31.8 Å². The maximum absolute atomic E-state index is 12.9. The van der Waals surface area contributed by atoms with Gasteiger partial charge < -0.3 is 15.0 Å². The van der Waals surface area contributed by atoms with E-state index in [4.69, 9.17) is 4.74 Å². The number of fused-ring (bicyclic) bond motifs is 1. The van der Waals surface area contributed by atoms with E-state index in [1.165, 1.54) is 30.4 Å². The van der Waals surface area contributed by atoms with Crippen LogP contribution < -0.4 is 5.32 Å². The molecule has 2 amide bonds. The Bertz CT molecular complexity index is 769. The number of carbonyl (C=O) groups excluding carboxylic acids is 2. The summed E-state index contributed by atoms with van der Waals surface area (Å²) in [6.45, 7) is 3.94. The smallest absolute Gasteiger partial charge is 0.407 e. The zero-order chi connectivity index (χ0) is 18.6. The molecule has 3 saturated carbocycles. The number of benzene rings is 1. The van der Waals surface area contributed by atoms with E-state index in [2.05, 4.69) is 34.5 Å². The Labute approximate surface area is 160 Å². The van der Waals surface area contributed by atoms with Gasteiger partial charge >= 0.3 is 6.09 Å². The van der Waals surface area contributed by atoms with Crippen LogP contribution in [-0.2, 0) is 14.9 Å². The summed E-state index contributed by atoms with van der Waals surface area (Å²) in [5.74, 6) is 1.74. The molecule has 0 bridgehead atoms. The second-order valence-corrected chi connectivity index (χ2v) is 8.91. The van der Waals surface area contributed by atoms with Gasteiger partial charge in [-0.2, -0.15) is 0 Å². The van der Waals surface area contributed by atoms with Gasteiger partial charge in [-0.25, -0.2) is 4.79 Å². The van der Waals surface area contributed by atoms with Crippen molar-refractivity contribution < 1.29 is 14.3 Å². The summed E-state index contributed by atoms with van der Waals surface area (Å²) in [5.41, 5.74) is 3.15. The van der Waals surface area contributed by atoms with Crippen LogP contribution in [0.15, 0.2) is 24.3 Å². The van der Waals surface area contributed by atoms with Crippen molar-refractivity contribution in [2.45, 2.75) is 56.4 Å². The summed E-state index contributed by atoms with van der Waals surface area (Å²) in [6, 6.07) is 9.23. The first-order chi connectivity index (χ1) is 13.1. The minimum absolute atomic E-state index is 0.0595. The molecule has 0 spiro atoms. The summed E-state index contributed by atoms with van der Waals surface area (Å²) in [4.78, 5) is 26.5. The van der Waals surface area contributed by atoms with Crippen LogP contribution in [0.5, 0.6) is 0 Å². The predicted molar refractivity (Wildman–Crippen MR) is 101 cm³/mol. The SMILES string of the molecule is CCOC(=O)NC1CC(C(=O)N2CC3CC3(c3cccc(C4CC4)c3)C2)C1. The maximum Gasteiger partial charge on any atom is 0.407 e. The Morgan fingerprint density at radius 1 is 1.30 bits per heavy atom. The number of ether oxygens (including phenoxy) is 1. The number of alkyl carbamates (subject to hydrolysis) is 1. The number of carbonyl (C=O) groups is 2. The number of likely N-dealkylation sites (tertiary alicyclic amines) is 1. The quantitative estimate of drug-likeness (QED) is 0.868. The van der Waals surface area contributed by atoms with Crippen molar-refractivity contribution in [2.75, 3.05) is 19.7 Å². The second-order valence-electron chi connectivity index (χ2n) is 8.91. The van der Waals surface area contributed by atoms with Crippen LogP contribution in [-0.4, -0.2) is 42.6 Å². The lowest BCUT2D eigenvalue weighted by Crippen LogP contribution is -2.50. The number of amides is 2. The molecule has 2 atom stereocenters. The summed E-state index contributed by atoms with van der Waals surface area (Å²) in [7, 11) is 0. The molecule has 0 radical (unpaired) electrons. The van der Waals surface area contributed by atoms with E-state index in [9.17, 15) is 9.59 Å². The predicted octanol–water partition coefficient (Wildman–Crippen LogP) is 3.19. The van der Waals surface area contributed by atoms with Crippen LogP contribution in [0.25, 0.3) is 0 Å². The minimum Gasteiger partial charge on any atom is -0.450 e. The molecule has 3 aliphatic carbocycles. The summed E-state index contributed by atoms with van der Waals surface area (Å²) < 4.78 is 4.91. The van der Waals surface area contributed by atoms with E-state index >= 15 is 0 Å². The van der Waals surface area contributed by atoms with Gasteiger partial charge in [0, 0.05) is 30.5 Å². The number of nitrogens with one attached hydrogen (secondary N) is 1. The van der Waals surface area contributed by atoms with Gasteiger partial charge in [0.05, 0.1) is 6.61 Å². The fourth-order valence-electron chi connectivity index (χ4n) is 5.15. The van der Waals surface area contributed by atoms with Crippen molar-refractivity contribution in [1.82, 2.24) is 10.2 Å². The van der Waals surface area contributed by atoms with E-state index in [1.807, 2.05) is 0 Å². The van der Waals surface area contributed by atoms with Crippen molar-refractivity contribution in [3.05, 3.63) is 35.4 Å². The molecule has 0 aromatic heterocycles. The molecule has 5 rings (SSSR count). The van der Waals surface area contributed by atoms with Crippen molar-refractivity contribution >= 4 is 12.0 Å².